The maximum absolute atomic E-state index is 11.5. The van der Waals surface area contributed by atoms with E-state index < -0.39 is 0 Å². The Labute approximate surface area is 85.4 Å². The smallest absolute Gasteiger partial charge is 0.158 e. The lowest BCUT2D eigenvalue weighted by atomic mass is 9.88. The highest BCUT2D eigenvalue weighted by atomic mass is 16.1. The van der Waals surface area contributed by atoms with Gasteiger partial charge in [-0.1, -0.05) is 5.57 Å². The first-order valence-electron chi connectivity index (χ1n) is 5.41. The Morgan fingerprint density at radius 1 is 1.29 bits per heavy atom. The van der Waals surface area contributed by atoms with Crippen molar-refractivity contribution in [3.8, 4) is 0 Å². The Morgan fingerprint density at radius 2 is 2.07 bits per heavy atom. The molecule has 0 N–H and O–H groups in total. The third kappa shape index (κ3) is 3.09. The quantitative estimate of drug-likeness (QED) is 0.498. The molecule has 0 fully saturated rings. The van der Waals surface area contributed by atoms with E-state index in [4.69, 9.17) is 0 Å². The van der Waals surface area contributed by atoms with Crippen LogP contribution in [0.3, 0.4) is 0 Å². The summed E-state index contributed by atoms with van der Waals surface area (Å²) in [6.45, 7) is 2.06. The largest absolute Gasteiger partial charge is 0.303 e. The van der Waals surface area contributed by atoms with Crippen molar-refractivity contribution in [1.29, 1.82) is 0 Å². The van der Waals surface area contributed by atoms with Gasteiger partial charge in [-0.25, -0.2) is 0 Å². The van der Waals surface area contributed by atoms with E-state index in [0.717, 1.165) is 50.4 Å². The first-order valence-corrected chi connectivity index (χ1v) is 5.41. The Bertz CT molecular complexity index is 251. The maximum Gasteiger partial charge on any atom is 0.158 e. The normalized spacial score (nSPS) is 17.4. The molecule has 0 atom stereocenters. The van der Waals surface area contributed by atoms with E-state index in [-0.39, 0.29) is 0 Å². The third-order valence-corrected chi connectivity index (χ3v) is 2.81. The predicted octanol–water partition coefficient (Wildman–Crippen LogP) is 2.82. The molecule has 0 aromatic rings. The van der Waals surface area contributed by atoms with E-state index in [1.54, 1.807) is 0 Å². The van der Waals surface area contributed by atoms with Crippen molar-refractivity contribution in [2.75, 3.05) is 0 Å². The summed E-state index contributed by atoms with van der Waals surface area (Å²) in [5.41, 5.74) is 2.31. The molecule has 2 heteroatoms. The summed E-state index contributed by atoms with van der Waals surface area (Å²) in [7, 11) is 0. The Morgan fingerprint density at radius 3 is 2.71 bits per heavy atom. The highest BCUT2D eigenvalue weighted by Gasteiger charge is 2.16. The first-order chi connectivity index (χ1) is 6.75. The zero-order valence-corrected chi connectivity index (χ0v) is 8.84. The van der Waals surface area contributed by atoms with Crippen molar-refractivity contribution in [1.82, 2.24) is 0 Å². The summed E-state index contributed by atoms with van der Waals surface area (Å²) >= 11 is 0. The van der Waals surface area contributed by atoms with Crippen LogP contribution in [-0.2, 0) is 9.59 Å². The summed E-state index contributed by atoms with van der Waals surface area (Å²) in [4.78, 5) is 21.6. The van der Waals surface area contributed by atoms with Gasteiger partial charge in [0, 0.05) is 12.8 Å². The van der Waals surface area contributed by atoms with Crippen LogP contribution < -0.4 is 0 Å². The molecule has 78 valence electrons. The van der Waals surface area contributed by atoms with Crippen LogP contribution >= 0.6 is 0 Å². The third-order valence-electron chi connectivity index (χ3n) is 2.81. The highest BCUT2D eigenvalue weighted by Crippen LogP contribution is 2.25. The second-order valence-corrected chi connectivity index (χ2v) is 3.95. The lowest BCUT2D eigenvalue weighted by Crippen LogP contribution is -2.10. The number of hydrogen-bond acceptors (Lipinski definition) is 2. The van der Waals surface area contributed by atoms with Gasteiger partial charge in [-0.2, -0.15) is 0 Å². The molecular formula is C12H18O2. The Hall–Kier alpha value is -0.920. The molecule has 1 aliphatic carbocycles. The molecule has 1 rings (SSSR count). The summed E-state index contributed by atoms with van der Waals surface area (Å²) in [5, 5.41) is 0. The number of ketones is 1. The molecule has 14 heavy (non-hydrogen) atoms. The van der Waals surface area contributed by atoms with Crippen LogP contribution in [0, 0.1) is 0 Å². The summed E-state index contributed by atoms with van der Waals surface area (Å²) in [5.74, 6) is 0.333. The van der Waals surface area contributed by atoms with Gasteiger partial charge in [-0.15, -0.1) is 0 Å². The minimum absolute atomic E-state index is 0.333. The first kappa shape index (κ1) is 11.2. The molecule has 0 aromatic heterocycles. The maximum atomic E-state index is 11.5. The monoisotopic (exact) mass is 194 g/mol. The number of rotatable bonds is 5. The molecule has 0 saturated heterocycles. The van der Waals surface area contributed by atoms with Gasteiger partial charge >= 0.3 is 0 Å². The Balaban J connectivity index is 2.40. The van der Waals surface area contributed by atoms with Crippen molar-refractivity contribution in [3.05, 3.63) is 11.1 Å². The van der Waals surface area contributed by atoms with Gasteiger partial charge in [0.2, 0.25) is 0 Å². The van der Waals surface area contributed by atoms with Crippen LogP contribution in [0.15, 0.2) is 11.1 Å². The molecule has 0 heterocycles. The van der Waals surface area contributed by atoms with Crippen LogP contribution in [0.4, 0.5) is 0 Å². The molecule has 0 saturated carbocycles. The van der Waals surface area contributed by atoms with Crippen LogP contribution in [-0.4, -0.2) is 12.1 Å². The van der Waals surface area contributed by atoms with Crippen LogP contribution in [0.25, 0.3) is 0 Å². The van der Waals surface area contributed by atoms with E-state index in [0.29, 0.717) is 12.2 Å². The molecule has 0 aliphatic heterocycles. The molecule has 0 radical (unpaired) electrons. The number of carbonyl (C=O) groups is 2. The zero-order valence-electron chi connectivity index (χ0n) is 8.84. The fourth-order valence-electron chi connectivity index (χ4n) is 1.94. The van der Waals surface area contributed by atoms with E-state index in [1.807, 2.05) is 0 Å². The van der Waals surface area contributed by atoms with Crippen molar-refractivity contribution in [2.45, 2.75) is 51.9 Å². The molecule has 1 aliphatic rings. The Kier molecular flexibility index (Phi) is 4.57. The van der Waals surface area contributed by atoms with Gasteiger partial charge in [0.25, 0.3) is 0 Å². The summed E-state index contributed by atoms with van der Waals surface area (Å²) in [6.07, 6.45) is 7.14. The van der Waals surface area contributed by atoms with E-state index >= 15 is 0 Å². The molecule has 0 aromatic carbocycles. The molecule has 0 amide bonds. The zero-order chi connectivity index (χ0) is 10.4. The van der Waals surface area contributed by atoms with Crippen molar-refractivity contribution in [3.63, 3.8) is 0 Å². The average molecular weight is 194 g/mol. The van der Waals surface area contributed by atoms with Crippen molar-refractivity contribution < 1.29 is 9.59 Å². The van der Waals surface area contributed by atoms with Gasteiger partial charge in [0.15, 0.2) is 5.78 Å². The molecule has 0 unspecified atom stereocenters. The molecule has 0 spiro atoms. The fourth-order valence-corrected chi connectivity index (χ4v) is 1.94. The lowest BCUT2D eigenvalue weighted by molar-refractivity contribution is -0.116. The standard InChI is InChI=1S/C12H18O2/c1-10-6-5-8-12(14)11(10)7-3-2-4-9-13/h9H,2-8H2,1H3. The summed E-state index contributed by atoms with van der Waals surface area (Å²) in [6, 6.07) is 0. The topological polar surface area (TPSA) is 34.1 Å². The van der Waals surface area contributed by atoms with Crippen molar-refractivity contribution >= 4 is 12.1 Å². The van der Waals surface area contributed by atoms with Gasteiger partial charge in [-0.3, -0.25) is 4.79 Å². The molecule has 2 nitrogen and oxygen atoms in total. The number of hydrogen-bond donors (Lipinski definition) is 0. The van der Waals surface area contributed by atoms with E-state index in [1.165, 1.54) is 5.57 Å². The minimum Gasteiger partial charge on any atom is -0.303 e. The lowest BCUT2D eigenvalue weighted by Gasteiger charge is -2.16. The summed E-state index contributed by atoms with van der Waals surface area (Å²) < 4.78 is 0. The number of Topliss-reactive ketones (excluding diaryl/α,β-unsaturated/α-hetero) is 1. The molecular weight excluding hydrogens is 176 g/mol. The van der Waals surface area contributed by atoms with Gasteiger partial charge in [0.1, 0.15) is 6.29 Å². The van der Waals surface area contributed by atoms with Gasteiger partial charge in [-0.05, 0) is 44.6 Å². The minimum atomic E-state index is 0.333. The van der Waals surface area contributed by atoms with Crippen molar-refractivity contribution in [2.24, 2.45) is 0 Å². The highest BCUT2D eigenvalue weighted by molar-refractivity contribution is 5.96. The van der Waals surface area contributed by atoms with E-state index in [9.17, 15) is 9.59 Å². The van der Waals surface area contributed by atoms with Crippen LogP contribution in [0.1, 0.15) is 51.9 Å². The van der Waals surface area contributed by atoms with Gasteiger partial charge < -0.3 is 4.79 Å². The molecule has 0 bridgehead atoms. The number of unbranched alkanes of at least 4 members (excludes halogenated alkanes) is 2. The second kappa shape index (κ2) is 5.74. The second-order valence-electron chi connectivity index (χ2n) is 3.95. The SMILES string of the molecule is CC1=C(CCCCC=O)C(=O)CCC1. The number of aldehydes is 1. The predicted molar refractivity (Wildman–Crippen MR) is 56.1 cm³/mol. The van der Waals surface area contributed by atoms with Crippen LogP contribution in [0.2, 0.25) is 0 Å². The fraction of sp³-hybridized carbons (Fsp3) is 0.667. The number of carbonyl (C=O) groups excluding carboxylic acids is 2. The number of allylic oxidation sites excluding steroid dienone is 2. The van der Waals surface area contributed by atoms with Gasteiger partial charge in [0.05, 0.1) is 0 Å². The average Bonchev–Trinajstić information content (AvgIpc) is 2.16. The van der Waals surface area contributed by atoms with Crippen LogP contribution in [0.5, 0.6) is 0 Å². The van der Waals surface area contributed by atoms with E-state index in [2.05, 4.69) is 6.92 Å².